The fraction of sp³-hybridized carbons (Fsp3) is 0.500. The van der Waals surface area contributed by atoms with E-state index in [1.165, 1.54) is 18.2 Å². The van der Waals surface area contributed by atoms with Crippen molar-refractivity contribution >= 4 is 12.0 Å². The zero-order valence-electron chi connectivity index (χ0n) is 24.9. The van der Waals surface area contributed by atoms with Gasteiger partial charge in [-0.15, -0.1) is 6.58 Å². The van der Waals surface area contributed by atoms with Crippen LogP contribution in [0.25, 0.3) is 6.08 Å². The maximum atomic E-state index is 13.9. The predicted molar refractivity (Wildman–Crippen MR) is 158 cm³/mol. The number of carbonyl (C=O) groups excluding carboxylic acids is 1. The molecule has 4 aliphatic rings. The SMILES string of the molecule is C=CCN1CC[C@]23c4c5ccc(OC)c4OC2C(N(CC(C)C)C(=O)/C=C/c2cccc(C(F)(F)F)c2)CC[C@@]3(O)[C@H]1C5. The smallest absolute Gasteiger partial charge is 0.416 e. The van der Waals surface area contributed by atoms with E-state index >= 15 is 0 Å². The summed E-state index contributed by atoms with van der Waals surface area (Å²) in [6.45, 7) is 9.88. The van der Waals surface area contributed by atoms with Crippen molar-refractivity contribution in [2.45, 2.75) is 74.9 Å². The maximum absolute atomic E-state index is 13.9. The van der Waals surface area contributed by atoms with Crippen molar-refractivity contribution in [2.24, 2.45) is 5.92 Å². The summed E-state index contributed by atoms with van der Waals surface area (Å²) in [5, 5.41) is 12.7. The van der Waals surface area contributed by atoms with Crippen LogP contribution in [-0.4, -0.2) is 71.3 Å². The van der Waals surface area contributed by atoms with Crippen LogP contribution >= 0.6 is 0 Å². The van der Waals surface area contributed by atoms with Crippen molar-refractivity contribution in [3.05, 3.63) is 77.4 Å². The monoisotopic (exact) mass is 596 g/mol. The van der Waals surface area contributed by atoms with Gasteiger partial charge in [-0.05, 0) is 73.5 Å². The maximum Gasteiger partial charge on any atom is 0.416 e. The molecule has 2 bridgehead atoms. The number of likely N-dealkylation sites (tertiary alicyclic amines) is 1. The summed E-state index contributed by atoms with van der Waals surface area (Å²) in [6.07, 6.45) is 2.08. The molecule has 6 nitrogen and oxygen atoms in total. The van der Waals surface area contributed by atoms with Crippen LogP contribution in [0.3, 0.4) is 0 Å². The van der Waals surface area contributed by atoms with Gasteiger partial charge in [-0.25, -0.2) is 0 Å². The molecule has 2 aromatic rings. The number of hydrogen-bond acceptors (Lipinski definition) is 5. The number of ether oxygens (including phenoxy) is 2. The Morgan fingerprint density at radius 2 is 2.07 bits per heavy atom. The Labute approximate surface area is 250 Å². The van der Waals surface area contributed by atoms with Gasteiger partial charge in [-0.1, -0.05) is 38.1 Å². The number of piperidine rings is 1. The second kappa shape index (κ2) is 10.7. The Hall–Kier alpha value is -3.30. The van der Waals surface area contributed by atoms with Gasteiger partial charge in [0.15, 0.2) is 11.5 Å². The number of alkyl halides is 3. The molecule has 43 heavy (non-hydrogen) atoms. The van der Waals surface area contributed by atoms with Crippen LogP contribution in [0.5, 0.6) is 11.5 Å². The number of nitrogens with zero attached hydrogens (tertiary/aromatic N) is 2. The first kappa shape index (κ1) is 29.8. The van der Waals surface area contributed by atoms with Gasteiger partial charge in [0.05, 0.1) is 29.7 Å². The number of aliphatic hydroxyl groups is 1. The second-order valence-corrected chi connectivity index (χ2v) is 12.8. The fourth-order valence-electron chi connectivity index (χ4n) is 8.32. The van der Waals surface area contributed by atoms with Crippen LogP contribution in [0.4, 0.5) is 13.2 Å². The summed E-state index contributed by atoms with van der Waals surface area (Å²) in [6, 6.07) is 8.48. The summed E-state index contributed by atoms with van der Waals surface area (Å²) in [5.74, 6) is 1.11. The highest BCUT2D eigenvalue weighted by Crippen LogP contribution is 2.66. The van der Waals surface area contributed by atoms with Crippen molar-refractivity contribution in [1.82, 2.24) is 9.80 Å². The average Bonchev–Trinajstić information content (AvgIpc) is 3.31. The van der Waals surface area contributed by atoms with Gasteiger partial charge < -0.3 is 19.5 Å². The molecule has 6 rings (SSSR count). The van der Waals surface area contributed by atoms with E-state index in [0.717, 1.165) is 29.8 Å². The number of benzene rings is 2. The summed E-state index contributed by atoms with van der Waals surface area (Å²) in [5.41, 5.74) is -0.115. The lowest BCUT2D eigenvalue weighted by atomic mass is 9.48. The molecular formula is C34H39F3N2O4. The van der Waals surface area contributed by atoms with E-state index in [-0.39, 0.29) is 23.9 Å². The molecular weight excluding hydrogens is 557 g/mol. The van der Waals surface area contributed by atoms with Crippen molar-refractivity contribution in [3.63, 3.8) is 0 Å². The van der Waals surface area contributed by atoms with Crippen molar-refractivity contribution in [1.29, 1.82) is 0 Å². The first-order valence-electron chi connectivity index (χ1n) is 15.0. The summed E-state index contributed by atoms with van der Waals surface area (Å²) < 4.78 is 52.4. The van der Waals surface area contributed by atoms with Gasteiger partial charge in [-0.2, -0.15) is 13.2 Å². The quantitative estimate of drug-likeness (QED) is 0.317. The molecule has 0 radical (unpaired) electrons. The number of halogens is 3. The first-order chi connectivity index (χ1) is 20.4. The Balaban J connectivity index is 1.40. The van der Waals surface area contributed by atoms with E-state index in [9.17, 15) is 23.1 Å². The molecule has 2 aromatic carbocycles. The van der Waals surface area contributed by atoms with Gasteiger partial charge in [0.2, 0.25) is 5.91 Å². The number of carbonyl (C=O) groups is 1. The zero-order valence-corrected chi connectivity index (χ0v) is 24.9. The van der Waals surface area contributed by atoms with Crippen LogP contribution < -0.4 is 9.47 Å². The van der Waals surface area contributed by atoms with E-state index < -0.39 is 28.9 Å². The molecule has 1 saturated carbocycles. The van der Waals surface area contributed by atoms with E-state index in [0.29, 0.717) is 55.8 Å². The molecule has 1 spiro atoms. The standard InChI is InChI=1S/C34H39F3N2O4/c1-5-16-38-17-15-32-29-23-10-11-26(42-4)30(29)43-31(32)25(13-14-33(32,41)27(38)19-23)39(20-21(2)3)28(40)12-9-22-7-6-8-24(18-22)34(35,36)37/h5-12,18,21,25,27,31,41H,1,13-17,19-20H2,2-4H3/b12-9+/t25?,27-,31?,32+,33-/m1/s1. The molecule has 2 heterocycles. The van der Waals surface area contributed by atoms with Crippen molar-refractivity contribution < 1.29 is 32.5 Å². The molecule has 1 N–H and O–H groups in total. The van der Waals surface area contributed by atoms with Gasteiger partial charge in [0.1, 0.15) is 6.10 Å². The number of hydrogen-bond donors (Lipinski definition) is 1. The molecule has 2 aliphatic carbocycles. The number of rotatable bonds is 8. The second-order valence-electron chi connectivity index (χ2n) is 12.8. The van der Waals surface area contributed by atoms with Crippen LogP contribution in [0, 0.1) is 5.92 Å². The van der Waals surface area contributed by atoms with Crippen molar-refractivity contribution in [3.8, 4) is 11.5 Å². The molecule has 2 unspecified atom stereocenters. The number of amides is 1. The van der Waals surface area contributed by atoms with E-state index in [1.54, 1.807) is 13.2 Å². The molecule has 9 heteroatoms. The van der Waals surface area contributed by atoms with Crippen molar-refractivity contribution in [2.75, 3.05) is 26.7 Å². The summed E-state index contributed by atoms with van der Waals surface area (Å²) in [4.78, 5) is 18.0. The molecule has 1 saturated heterocycles. The topological polar surface area (TPSA) is 62.2 Å². The van der Waals surface area contributed by atoms with Crippen LogP contribution in [0.1, 0.15) is 55.4 Å². The molecule has 230 valence electrons. The van der Waals surface area contributed by atoms with E-state index in [1.807, 2.05) is 30.9 Å². The third kappa shape index (κ3) is 4.58. The van der Waals surface area contributed by atoms with Crippen LogP contribution in [0.15, 0.2) is 55.1 Å². The minimum absolute atomic E-state index is 0.117. The average molecular weight is 597 g/mol. The van der Waals surface area contributed by atoms with Gasteiger partial charge in [0.25, 0.3) is 0 Å². The Bertz CT molecular complexity index is 1460. The van der Waals surface area contributed by atoms with Gasteiger partial charge >= 0.3 is 6.18 Å². The van der Waals surface area contributed by atoms with E-state index in [4.69, 9.17) is 9.47 Å². The van der Waals surface area contributed by atoms with Gasteiger partial charge in [0, 0.05) is 30.8 Å². The minimum Gasteiger partial charge on any atom is -0.493 e. The normalized spacial score (nSPS) is 29.3. The largest absolute Gasteiger partial charge is 0.493 e. The summed E-state index contributed by atoms with van der Waals surface area (Å²) >= 11 is 0. The third-order valence-electron chi connectivity index (χ3n) is 9.99. The number of methoxy groups -OCH3 is 1. The zero-order chi connectivity index (χ0) is 30.7. The fourth-order valence-corrected chi connectivity index (χ4v) is 8.32. The first-order valence-corrected chi connectivity index (χ1v) is 15.0. The lowest BCUT2D eigenvalue weighted by molar-refractivity contribution is -0.199. The highest BCUT2D eigenvalue weighted by Gasteiger charge is 2.73. The molecule has 1 amide bonds. The highest BCUT2D eigenvalue weighted by atomic mass is 19.4. The Morgan fingerprint density at radius 1 is 1.28 bits per heavy atom. The molecule has 0 aromatic heterocycles. The summed E-state index contributed by atoms with van der Waals surface area (Å²) in [7, 11) is 1.61. The highest BCUT2D eigenvalue weighted by molar-refractivity contribution is 5.92. The lowest BCUT2D eigenvalue weighted by Gasteiger charge is -2.64. The Kier molecular flexibility index (Phi) is 7.40. The van der Waals surface area contributed by atoms with E-state index in [2.05, 4.69) is 17.5 Å². The lowest BCUT2D eigenvalue weighted by Crippen LogP contribution is -2.78. The molecule has 2 fully saturated rings. The minimum atomic E-state index is -4.47. The molecule has 5 atom stereocenters. The molecule has 2 aliphatic heterocycles. The van der Waals surface area contributed by atoms with Crippen LogP contribution in [-0.2, 0) is 22.8 Å². The van der Waals surface area contributed by atoms with Gasteiger partial charge in [-0.3, -0.25) is 9.69 Å². The Morgan fingerprint density at radius 3 is 2.77 bits per heavy atom. The van der Waals surface area contributed by atoms with Crippen LogP contribution in [0.2, 0.25) is 0 Å². The predicted octanol–water partition coefficient (Wildman–Crippen LogP) is 5.62. The third-order valence-corrected chi connectivity index (χ3v) is 9.99.